The molecule has 0 fully saturated rings. The monoisotopic (exact) mass is 333 g/mol. The number of fused-ring (bicyclic) bond motifs is 2. The average molecular weight is 333 g/mol. The van der Waals surface area contributed by atoms with Gasteiger partial charge in [-0.25, -0.2) is 0 Å². The molecule has 0 unspecified atom stereocenters. The lowest BCUT2D eigenvalue weighted by atomic mass is 10.1. The zero-order chi connectivity index (χ0) is 17.2. The largest absolute Gasteiger partial charge is 0.439 e. The molecule has 2 aromatic carbocycles. The molecule has 1 aromatic heterocycles. The minimum atomic E-state index is 0.714. The molecule has 4 rings (SSSR count). The molecule has 1 aliphatic heterocycles. The predicted molar refractivity (Wildman–Crippen MR) is 99.3 cm³/mol. The summed E-state index contributed by atoms with van der Waals surface area (Å²) in [5.41, 5.74) is 4.40. The number of hydrogen-bond acceptors (Lipinski definition) is 3. The molecule has 25 heavy (non-hydrogen) atoms. The summed E-state index contributed by atoms with van der Waals surface area (Å²) in [7, 11) is 0. The third kappa shape index (κ3) is 2.80. The van der Waals surface area contributed by atoms with Gasteiger partial charge >= 0.3 is 5.89 Å². The van der Waals surface area contributed by atoms with E-state index in [0.717, 1.165) is 35.9 Å². The predicted octanol–water partition coefficient (Wildman–Crippen LogP) is 4.66. The van der Waals surface area contributed by atoms with E-state index in [1.807, 2.05) is 54.6 Å². The number of aromatic nitrogens is 1. The van der Waals surface area contributed by atoms with Crippen LogP contribution in [-0.2, 0) is 13.0 Å². The summed E-state index contributed by atoms with van der Waals surface area (Å²) in [4.78, 5) is 0. The van der Waals surface area contributed by atoms with Crippen LogP contribution in [0.25, 0.3) is 17.2 Å². The molecule has 0 spiro atoms. The normalized spacial score (nSPS) is 14.9. The molecule has 0 amide bonds. The minimum Gasteiger partial charge on any atom is -0.439 e. The van der Waals surface area contributed by atoms with Gasteiger partial charge in [0.1, 0.15) is 6.54 Å². The van der Waals surface area contributed by atoms with E-state index in [4.69, 9.17) is 9.15 Å². The maximum Gasteiger partial charge on any atom is 0.374 e. The van der Waals surface area contributed by atoms with Gasteiger partial charge in [0, 0.05) is 5.56 Å². The zero-order valence-electron chi connectivity index (χ0n) is 14.5. The Morgan fingerprint density at radius 2 is 1.96 bits per heavy atom. The van der Waals surface area contributed by atoms with E-state index in [-0.39, 0.29) is 0 Å². The first-order chi connectivity index (χ1) is 12.3. The van der Waals surface area contributed by atoms with Gasteiger partial charge < -0.3 is 14.5 Å². The van der Waals surface area contributed by atoms with Gasteiger partial charge in [-0.3, -0.25) is 0 Å². The molecule has 1 aliphatic rings. The number of nitrogens with one attached hydrogen (secondary N) is 1. The SMILES string of the molecule is CCc1cccc2oc(C=CC=C3Nc4ccccc4O3)[n+](CC)c12. The van der Waals surface area contributed by atoms with Crippen LogP contribution in [0.2, 0.25) is 0 Å². The van der Waals surface area contributed by atoms with E-state index in [1.165, 1.54) is 11.1 Å². The topological polar surface area (TPSA) is 38.3 Å². The smallest absolute Gasteiger partial charge is 0.374 e. The molecule has 1 N–H and O–H groups in total. The van der Waals surface area contributed by atoms with Gasteiger partial charge in [0.2, 0.25) is 5.58 Å². The van der Waals surface area contributed by atoms with Crippen molar-refractivity contribution in [3.63, 3.8) is 0 Å². The van der Waals surface area contributed by atoms with Crippen LogP contribution in [0.4, 0.5) is 5.69 Å². The number of benzene rings is 2. The molecule has 0 bridgehead atoms. The average Bonchev–Trinajstić information content (AvgIpc) is 3.21. The highest BCUT2D eigenvalue weighted by molar-refractivity contribution is 5.74. The van der Waals surface area contributed by atoms with Crippen LogP contribution in [0.5, 0.6) is 5.75 Å². The fraction of sp³-hybridized carbons (Fsp3) is 0.190. The molecule has 0 saturated carbocycles. The summed E-state index contributed by atoms with van der Waals surface area (Å²) in [5, 5.41) is 3.24. The van der Waals surface area contributed by atoms with E-state index in [1.54, 1.807) is 0 Å². The number of ether oxygens (including phenoxy) is 1. The first-order valence-corrected chi connectivity index (χ1v) is 8.66. The molecular weight excluding hydrogens is 312 g/mol. The highest BCUT2D eigenvalue weighted by Gasteiger charge is 2.21. The number of rotatable bonds is 4. The Morgan fingerprint density at radius 3 is 2.76 bits per heavy atom. The van der Waals surface area contributed by atoms with Crippen molar-refractivity contribution in [1.82, 2.24) is 0 Å². The fourth-order valence-electron chi connectivity index (χ4n) is 3.19. The summed E-state index contributed by atoms with van der Waals surface area (Å²) < 4.78 is 14.0. The van der Waals surface area contributed by atoms with Gasteiger partial charge in [-0.2, -0.15) is 4.57 Å². The lowest BCUT2D eigenvalue weighted by Gasteiger charge is -1.95. The third-order valence-corrected chi connectivity index (χ3v) is 4.38. The number of hydrogen-bond donors (Lipinski definition) is 1. The minimum absolute atomic E-state index is 0.714. The molecule has 0 aliphatic carbocycles. The van der Waals surface area contributed by atoms with Crippen LogP contribution < -0.4 is 14.6 Å². The Labute approximate surface area is 147 Å². The summed E-state index contributed by atoms with van der Waals surface area (Å²) in [6.45, 7) is 5.17. The van der Waals surface area contributed by atoms with Gasteiger partial charge in [0.05, 0.1) is 11.8 Å². The summed E-state index contributed by atoms with van der Waals surface area (Å²) >= 11 is 0. The molecule has 126 valence electrons. The van der Waals surface area contributed by atoms with Gasteiger partial charge in [-0.1, -0.05) is 31.2 Å². The van der Waals surface area contributed by atoms with Crippen molar-refractivity contribution in [3.8, 4) is 5.75 Å². The van der Waals surface area contributed by atoms with Gasteiger partial charge in [0.25, 0.3) is 5.52 Å². The number of oxazole rings is 1. The van der Waals surface area contributed by atoms with Crippen molar-refractivity contribution in [2.24, 2.45) is 0 Å². The second-order valence-electron chi connectivity index (χ2n) is 5.92. The molecule has 0 radical (unpaired) electrons. The van der Waals surface area contributed by atoms with Crippen molar-refractivity contribution >= 4 is 22.9 Å². The Morgan fingerprint density at radius 1 is 1.08 bits per heavy atom. The van der Waals surface area contributed by atoms with Gasteiger partial charge in [-0.15, -0.1) is 0 Å². The number of aryl methyl sites for hydroxylation is 2. The van der Waals surface area contributed by atoms with Gasteiger partial charge in [0.15, 0.2) is 11.6 Å². The maximum absolute atomic E-state index is 6.04. The molecule has 2 heterocycles. The van der Waals surface area contributed by atoms with E-state index >= 15 is 0 Å². The van der Waals surface area contributed by atoms with Crippen LogP contribution >= 0.6 is 0 Å². The number of allylic oxidation sites excluding steroid dienone is 2. The lowest BCUT2D eigenvalue weighted by molar-refractivity contribution is -0.674. The van der Waals surface area contributed by atoms with Crippen molar-refractivity contribution in [2.75, 3.05) is 5.32 Å². The standard InChI is InChI=1S/C21H20N2O2/c1-3-15-9-7-12-18-21(15)23(4-2)20(25-18)14-8-13-19-22-16-10-5-6-11-17(16)24-19/h5-14H,3-4H2,1-2H3/p+1. The molecule has 3 aromatic rings. The van der Waals surface area contributed by atoms with E-state index < -0.39 is 0 Å². The maximum atomic E-state index is 6.04. The van der Waals surface area contributed by atoms with E-state index in [0.29, 0.717) is 5.88 Å². The number of para-hydroxylation sites is 3. The lowest BCUT2D eigenvalue weighted by Crippen LogP contribution is -2.34. The van der Waals surface area contributed by atoms with E-state index in [9.17, 15) is 0 Å². The Hall–Kier alpha value is -3.01. The van der Waals surface area contributed by atoms with Crippen molar-refractivity contribution in [1.29, 1.82) is 0 Å². The summed E-state index contributed by atoms with van der Waals surface area (Å²) in [5.74, 6) is 2.40. The molecule has 4 nitrogen and oxygen atoms in total. The quantitative estimate of drug-likeness (QED) is 0.706. The Kier molecular flexibility index (Phi) is 4.02. The van der Waals surface area contributed by atoms with Gasteiger partial charge in [-0.05, 0) is 43.7 Å². The van der Waals surface area contributed by atoms with E-state index in [2.05, 4.69) is 29.8 Å². The Bertz CT molecular complexity index is 956. The van der Waals surface area contributed by atoms with Crippen LogP contribution in [0, 0.1) is 0 Å². The van der Waals surface area contributed by atoms with Crippen molar-refractivity contribution in [3.05, 3.63) is 72.0 Å². The Balaban J connectivity index is 1.63. The number of nitrogens with zero attached hydrogens (tertiary/aromatic N) is 1. The number of anilines is 1. The molecule has 0 atom stereocenters. The second kappa shape index (κ2) is 6.48. The first kappa shape index (κ1) is 15.5. The highest BCUT2D eigenvalue weighted by atomic mass is 16.5. The van der Waals surface area contributed by atoms with Crippen LogP contribution in [0.15, 0.2) is 64.9 Å². The van der Waals surface area contributed by atoms with Crippen molar-refractivity contribution in [2.45, 2.75) is 26.8 Å². The zero-order valence-corrected chi connectivity index (χ0v) is 14.5. The molecule has 4 heteroatoms. The summed E-state index contributed by atoms with van der Waals surface area (Å²) in [6, 6.07) is 14.1. The van der Waals surface area contributed by atoms with Crippen LogP contribution in [0.3, 0.4) is 0 Å². The van der Waals surface area contributed by atoms with Crippen LogP contribution in [-0.4, -0.2) is 0 Å². The fourth-order valence-corrected chi connectivity index (χ4v) is 3.19. The van der Waals surface area contributed by atoms with Crippen molar-refractivity contribution < 1.29 is 13.7 Å². The first-order valence-electron chi connectivity index (χ1n) is 8.66. The summed E-state index contributed by atoms with van der Waals surface area (Å²) in [6.07, 6.45) is 6.82. The third-order valence-electron chi connectivity index (χ3n) is 4.38. The van der Waals surface area contributed by atoms with Crippen LogP contribution in [0.1, 0.15) is 25.3 Å². The molecule has 0 saturated heterocycles. The second-order valence-corrected chi connectivity index (χ2v) is 5.92. The highest BCUT2D eigenvalue weighted by Crippen LogP contribution is 2.32. The molecular formula is C21H21N2O2+.